The van der Waals surface area contributed by atoms with Crippen molar-refractivity contribution in [3.63, 3.8) is 0 Å². The molecular formula is C12H25NaO4PW+. The van der Waals surface area contributed by atoms with Crippen LogP contribution in [-0.2, 0) is 24.4 Å². The maximum absolute atomic E-state index is 8.55. The predicted molar refractivity (Wildman–Crippen MR) is 64.3 cm³/mol. The third-order valence-electron chi connectivity index (χ3n) is 2.50. The Morgan fingerprint density at radius 2 is 1.05 bits per heavy atom. The van der Waals surface area contributed by atoms with E-state index >= 15 is 0 Å². The molecule has 0 radical (unpaired) electrons. The number of hydrogen-bond acceptors (Lipinski definition) is 4. The van der Waals surface area contributed by atoms with Gasteiger partial charge in [-0.25, -0.2) is 0 Å². The first-order valence-corrected chi connectivity index (χ1v) is 10.3. The van der Waals surface area contributed by atoms with E-state index in [9.17, 15) is 0 Å². The molecule has 108 valence electrons. The molecule has 0 bridgehead atoms. The van der Waals surface area contributed by atoms with Crippen molar-refractivity contribution in [1.29, 1.82) is 0 Å². The average Bonchev–Trinajstić information content (AvgIpc) is 2.25. The molecule has 0 aliphatic rings. The molecule has 0 spiro atoms. The van der Waals surface area contributed by atoms with Crippen LogP contribution in [0.4, 0.5) is 0 Å². The van der Waals surface area contributed by atoms with Crippen LogP contribution >= 0.6 is 7.82 Å². The van der Waals surface area contributed by atoms with Crippen LogP contribution < -0.4 is 44.2 Å². The van der Waals surface area contributed by atoms with E-state index in [1.807, 2.05) is 0 Å². The van der Waals surface area contributed by atoms with Crippen molar-refractivity contribution in [2.75, 3.05) is 0 Å². The van der Waals surface area contributed by atoms with Gasteiger partial charge in [0.05, 0.1) is 0 Å². The van der Waals surface area contributed by atoms with Gasteiger partial charge in [-0.2, -0.15) is 7.82 Å². The number of unbranched alkanes of at least 4 members (excludes halogenated alkanes) is 9. The first-order chi connectivity index (χ1) is 8.41. The fraction of sp³-hybridized carbons (Fsp3) is 1.00. The molecule has 0 aromatic heterocycles. The molecule has 0 aliphatic carbocycles. The molecule has 0 rings (SSSR count). The number of rotatable bonds is 10. The topological polar surface area (TPSA) is 86.2 Å². The summed E-state index contributed by atoms with van der Waals surface area (Å²) in [4.78, 5) is 27.1. The van der Waals surface area contributed by atoms with Crippen molar-refractivity contribution in [2.24, 2.45) is 0 Å². The third-order valence-corrected chi connectivity index (χ3v) is 3.54. The molecule has 0 fully saturated rings. The van der Waals surface area contributed by atoms with E-state index in [-0.39, 0.29) is 29.6 Å². The molecule has 0 unspecified atom stereocenters. The van der Waals surface area contributed by atoms with E-state index in [1.165, 1.54) is 69.0 Å². The molecule has 0 amide bonds. The summed E-state index contributed by atoms with van der Waals surface area (Å²) < 4.78 is 8.55. The average molecular weight is 471 g/mol. The summed E-state index contributed by atoms with van der Waals surface area (Å²) >= 11 is 1.76. The Morgan fingerprint density at radius 3 is 1.32 bits per heavy atom. The summed E-state index contributed by atoms with van der Waals surface area (Å²) in [6.07, 6.45) is 14.7. The van der Waals surface area contributed by atoms with Gasteiger partial charge < -0.3 is 19.2 Å². The molecule has 4 nitrogen and oxygen atoms in total. The Kier molecular flexibility index (Phi) is 26.8. The molecule has 0 atom stereocenters. The van der Waals surface area contributed by atoms with Crippen LogP contribution in [0.15, 0.2) is 0 Å². The summed E-state index contributed by atoms with van der Waals surface area (Å²) in [5.74, 6) is 0. The molecule has 0 aliphatic heterocycles. The van der Waals surface area contributed by atoms with Gasteiger partial charge in [0, 0.05) is 0 Å². The summed E-state index contributed by atoms with van der Waals surface area (Å²) in [6, 6.07) is 0. The Morgan fingerprint density at radius 1 is 0.789 bits per heavy atom. The van der Waals surface area contributed by atoms with Crippen LogP contribution in [-0.4, -0.2) is 0 Å². The van der Waals surface area contributed by atoms with Crippen LogP contribution in [0, 0.1) is 0 Å². The van der Waals surface area contributed by atoms with Crippen molar-refractivity contribution in [1.82, 2.24) is 0 Å². The monoisotopic (exact) mass is 471 g/mol. The van der Waals surface area contributed by atoms with Crippen LogP contribution in [0.3, 0.4) is 0 Å². The first kappa shape index (κ1) is 25.7. The summed E-state index contributed by atoms with van der Waals surface area (Å²) in [6.45, 7) is 2.28. The standard InChI is InChI=1S/C12H25.Na.H3O4P.W/c1-3-5-7-9-11-12-10-8-6-4-2;;1-5(2,3)4;/h1,3-12H2,2H3;;(H3,1,2,3,4);/q;+1;;+3/p-3. The van der Waals surface area contributed by atoms with Crippen LogP contribution in [0.5, 0.6) is 0 Å². The summed E-state index contributed by atoms with van der Waals surface area (Å²) in [5.41, 5.74) is 0. The van der Waals surface area contributed by atoms with Crippen molar-refractivity contribution in [3.8, 4) is 0 Å². The second-order valence-electron chi connectivity index (χ2n) is 4.33. The number of phosphoric acid groups is 1. The van der Waals surface area contributed by atoms with E-state index in [0.29, 0.717) is 0 Å². The zero-order valence-electron chi connectivity index (χ0n) is 12.3. The number of hydrogen-bond donors (Lipinski definition) is 0. The van der Waals surface area contributed by atoms with Crippen molar-refractivity contribution in [2.45, 2.75) is 75.9 Å². The Labute approximate surface area is 151 Å². The maximum Gasteiger partial charge on any atom is 1.00 e. The molecule has 7 heteroatoms. The molecular weight excluding hydrogens is 446 g/mol. The molecule has 0 N–H and O–H groups in total. The van der Waals surface area contributed by atoms with Crippen molar-refractivity contribution >= 4 is 7.82 Å². The molecule has 0 saturated carbocycles. The van der Waals surface area contributed by atoms with Gasteiger partial charge in [0.25, 0.3) is 0 Å². The quantitative estimate of drug-likeness (QED) is 0.234. The SMILES string of the molecule is CCCCCCCCCCC[CH2][W+3].O=P([O-])([O-])[O-].[Na+]. The summed E-state index contributed by atoms with van der Waals surface area (Å²) in [7, 11) is -5.39. The molecule has 0 aromatic rings. The fourth-order valence-corrected chi connectivity index (χ4v) is 2.32. The van der Waals surface area contributed by atoms with Crippen LogP contribution in [0.25, 0.3) is 0 Å². The minimum absolute atomic E-state index is 0. The van der Waals surface area contributed by atoms with Crippen molar-refractivity contribution < 1.29 is 68.6 Å². The van der Waals surface area contributed by atoms with Gasteiger partial charge in [0.15, 0.2) is 0 Å². The zero-order chi connectivity index (χ0) is 14.3. The van der Waals surface area contributed by atoms with Gasteiger partial charge in [0.1, 0.15) is 0 Å². The minimum Gasteiger partial charge on any atom is -0.822 e. The molecule has 19 heavy (non-hydrogen) atoms. The van der Waals surface area contributed by atoms with E-state index in [4.69, 9.17) is 19.2 Å². The molecule has 0 heterocycles. The molecule has 0 saturated heterocycles. The normalized spacial score (nSPS) is 10.3. The van der Waals surface area contributed by atoms with E-state index in [2.05, 4.69) is 6.92 Å². The van der Waals surface area contributed by atoms with Gasteiger partial charge in [0.2, 0.25) is 0 Å². The van der Waals surface area contributed by atoms with Crippen LogP contribution in [0.1, 0.15) is 71.1 Å². The maximum atomic E-state index is 8.55. The van der Waals surface area contributed by atoms with Gasteiger partial charge in [-0.15, -0.1) is 0 Å². The second kappa shape index (κ2) is 19.8. The van der Waals surface area contributed by atoms with Gasteiger partial charge in [-0.05, 0) is 0 Å². The zero-order valence-corrected chi connectivity index (χ0v) is 18.1. The van der Waals surface area contributed by atoms with Crippen LogP contribution in [0.2, 0.25) is 4.81 Å². The third kappa shape index (κ3) is 45.1. The van der Waals surface area contributed by atoms with E-state index in [1.54, 1.807) is 19.8 Å². The predicted octanol–water partition coefficient (Wildman–Crippen LogP) is -0.948. The smallest absolute Gasteiger partial charge is 0.822 e. The van der Waals surface area contributed by atoms with E-state index < -0.39 is 7.82 Å². The summed E-state index contributed by atoms with van der Waals surface area (Å²) in [5, 5.41) is 0. The van der Waals surface area contributed by atoms with E-state index in [0.717, 1.165) is 0 Å². The van der Waals surface area contributed by atoms with Gasteiger partial charge in [-0.3, -0.25) is 0 Å². The van der Waals surface area contributed by atoms with Crippen molar-refractivity contribution in [3.05, 3.63) is 0 Å². The largest absolute Gasteiger partial charge is 1.00 e. The van der Waals surface area contributed by atoms with Gasteiger partial charge >= 0.3 is 125 Å². The Balaban J connectivity index is -0.000000366. The fourth-order valence-electron chi connectivity index (χ4n) is 1.59. The molecule has 0 aromatic carbocycles. The first-order valence-electron chi connectivity index (χ1n) is 6.73. The second-order valence-corrected chi connectivity index (χ2v) is 6.69. The van der Waals surface area contributed by atoms with Gasteiger partial charge in [-0.1, -0.05) is 0 Å². The Bertz CT molecular complexity index is 184. The Hall–Kier alpha value is 1.80. The minimum atomic E-state index is -5.39.